The number of carbonyl (C=O) groups is 1. The molecule has 0 aliphatic rings. The number of rotatable bonds is 4. The van der Waals surface area contributed by atoms with Gasteiger partial charge in [0.2, 0.25) is 0 Å². The van der Waals surface area contributed by atoms with Crippen molar-refractivity contribution in [2.75, 3.05) is 19.0 Å². The zero-order valence-electron chi connectivity index (χ0n) is 11.3. The number of carbonyl (C=O) groups excluding carboxylic acids is 1. The predicted molar refractivity (Wildman–Crippen MR) is 80.7 cm³/mol. The normalized spacial score (nSPS) is 10.0. The van der Waals surface area contributed by atoms with Crippen LogP contribution < -0.4 is 4.90 Å². The van der Waals surface area contributed by atoms with Gasteiger partial charge in [0, 0.05) is 30.9 Å². The smallest absolute Gasteiger partial charge is 0.193 e. The molecule has 2 aromatic rings. The minimum Gasteiger partial charge on any atom is -0.378 e. The molecule has 0 aliphatic carbocycles. The maximum Gasteiger partial charge on any atom is 0.193 e. The van der Waals surface area contributed by atoms with Crippen LogP contribution in [0.15, 0.2) is 55.1 Å². The third-order valence-corrected chi connectivity index (χ3v) is 3.07. The average molecular weight is 251 g/mol. The standard InChI is InChI=1S/C17H17NO/c1-4-13-7-5-6-8-16(13)17(19)14-9-11-15(12-10-14)18(2)3/h4-12H,1H2,2-3H3. The van der Waals surface area contributed by atoms with Crippen molar-refractivity contribution in [1.82, 2.24) is 0 Å². The van der Waals surface area contributed by atoms with Crippen LogP contribution >= 0.6 is 0 Å². The lowest BCUT2D eigenvalue weighted by Gasteiger charge is -2.12. The molecule has 2 heteroatoms. The van der Waals surface area contributed by atoms with E-state index in [1.54, 1.807) is 6.08 Å². The largest absolute Gasteiger partial charge is 0.378 e. The summed E-state index contributed by atoms with van der Waals surface area (Å²) in [7, 11) is 3.95. The Labute approximate surface area is 114 Å². The Balaban J connectivity index is 2.36. The van der Waals surface area contributed by atoms with Crippen LogP contribution in [0.2, 0.25) is 0 Å². The highest BCUT2D eigenvalue weighted by Gasteiger charge is 2.11. The van der Waals surface area contributed by atoms with Crippen molar-refractivity contribution < 1.29 is 4.79 Å². The second-order valence-electron chi connectivity index (χ2n) is 4.56. The van der Waals surface area contributed by atoms with Crippen molar-refractivity contribution in [2.45, 2.75) is 0 Å². The van der Waals surface area contributed by atoms with Crippen molar-refractivity contribution >= 4 is 17.5 Å². The average Bonchev–Trinajstić information content (AvgIpc) is 2.46. The molecule has 0 heterocycles. The Bertz CT molecular complexity index is 597. The van der Waals surface area contributed by atoms with E-state index in [1.807, 2.05) is 67.5 Å². The van der Waals surface area contributed by atoms with Gasteiger partial charge in [-0.05, 0) is 29.8 Å². The van der Waals surface area contributed by atoms with Gasteiger partial charge in [0.05, 0.1) is 0 Å². The van der Waals surface area contributed by atoms with Gasteiger partial charge >= 0.3 is 0 Å². The molecule has 0 spiro atoms. The van der Waals surface area contributed by atoms with Gasteiger partial charge in [0.25, 0.3) is 0 Å². The van der Waals surface area contributed by atoms with Crippen LogP contribution in [0.25, 0.3) is 6.08 Å². The topological polar surface area (TPSA) is 20.3 Å². The first-order valence-corrected chi connectivity index (χ1v) is 6.17. The summed E-state index contributed by atoms with van der Waals surface area (Å²) < 4.78 is 0. The molecule has 0 radical (unpaired) electrons. The summed E-state index contributed by atoms with van der Waals surface area (Å²) in [4.78, 5) is 14.5. The Kier molecular flexibility index (Phi) is 3.81. The first kappa shape index (κ1) is 13.1. The van der Waals surface area contributed by atoms with E-state index in [9.17, 15) is 4.79 Å². The van der Waals surface area contributed by atoms with Crippen LogP contribution in [-0.4, -0.2) is 19.9 Å². The van der Waals surface area contributed by atoms with Crippen molar-refractivity contribution in [1.29, 1.82) is 0 Å². The molecule has 96 valence electrons. The second kappa shape index (κ2) is 5.53. The third-order valence-electron chi connectivity index (χ3n) is 3.07. The Morgan fingerprint density at radius 1 is 1.05 bits per heavy atom. The van der Waals surface area contributed by atoms with Gasteiger partial charge < -0.3 is 4.90 Å². The minimum atomic E-state index is 0.0285. The van der Waals surface area contributed by atoms with Gasteiger partial charge in [0.15, 0.2) is 5.78 Å². The van der Waals surface area contributed by atoms with Gasteiger partial charge in [0.1, 0.15) is 0 Å². The van der Waals surface area contributed by atoms with Crippen LogP contribution in [0, 0.1) is 0 Å². The van der Waals surface area contributed by atoms with Crippen LogP contribution in [0.3, 0.4) is 0 Å². The molecule has 0 fully saturated rings. The van der Waals surface area contributed by atoms with E-state index in [4.69, 9.17) is 0 Å². The number of anilines is 1. The summed E-state index contributed by atoms with van der Waals surface area (Å²) >= 11 is 0. The SMILES string of the molecule is C=Cc1ccccc1C(=O)c1ccc(N(C)C)cc1. The molecule has 0 unspecified atom stereocenters. The second-order valence-corrected chi connectivity index (χ2v) is 4.56. The first-order chi connectivity index (χ1) is 9.13. The Morgan fingerprint density at radius 2 is 1.68 bits per heavy atom. The molecular weight excluding hydrogens is 234 g/mol. The van der Waals surface area contributed by atoms with E-state index < -0.39 is 0 Å². The van der Waals surface area contributed by atoms with Crippen molar-refractivity contribution in [2.24, 2.45) is 0 Å². The molecule has 2 nitrogen and oxygen atoms in total. The van der Waals surface area contributed by atoms with Crippen molar-refractivity contribution in [3.05, 3.63) is 71.8 Å². The van der Waals surface area contributed by atoms with Crippen molar-refractivity contribution in [3.8, 4) is 0 Å². The van der Waals surface area contributed by atoms with Gasteiger partial charge in [-0.2, -0.15) is 0 Å². The van der Waals surface area contributed by atoms with Gasteiger partial charge in [-0.1, -0.05) is 36.9 Å². The van der Waals surface area contributed by atoms with Crippen LogP contribution in [-0.2, 0) is 0 Å². The summed E-state index contributed by atoms with van der Waals surface area (Å²) in [5.41, 5.74) is 3.33. The minimum absolute atomic E-state index is 0.0285. The van der Waals surface area contributed by atoms with E-state index in [1.165, 1.54) is 0 Å². The number of ketones is 1. The third kappa shape index (κ3) is 2.74. The molecule has 0 saturated carbocycles. The zero-order chi connectivity index (χ0) is 13.8. The van der Waals surface area contributed by atoms with E-state index >= 15 is 0 Å². The van der Waals surface area contributed by atoms with E-state index in [2.05, 4.69) is 6.58 Å². The van der Waals surface area contributed by atoms with E-state index in [0.29, 0.717) is 11.1 Å². The molecular formula is C17H17NO. The van der Waals surface area contributed by atoms with Crippen LogP contribution in [0.4, 0.5) is 5.69 Å². The Morgan fingerprint density at radius 3 is 2.26 bits per heavy atom. The van der Waals surface area contributed by atoms with Gasteiger partial charge in [-0.3, -0.25) is 4.79 Å². The molecule has 0 atom stereocenters. The molecule has 0 amide bonds. The zero-order valence-corrected chi connectivity index (χ0v) is 11.3. The highest BCUT2D eigenvalue weighted by Crippen LogP contribution is 2.18. The summed E-state index contributed by atoms with van der Waals surface area (Å²) in [5.74, 6) is 0.0285. The number of hydrogen-bond acceptors (Lipinski definition) is 2. The van der Waals surface area contributed by atoms with E-state index in [-0.39, 0.29) is 5.78 Å². The fraction of sp³-hybridized carbons (Fsp3) is 0.118. The highest BCUT2D eigenvalue weighted by atomic mass is 16.1. The number of hydrogen-bond donors (Lipinski definition) is 0. The Hall–Kier alpha value is -2.35. The monoisotopic (exact) mass is 251 g/mol. The quantitative estimate of drug-likeness (QED) is 0.773. The highest BCUT2D eigenvalue weighted by molar-refractivity contribution is 6.11. The molecule has 2 rings (SSSR count). The molecule has 2 aromatic carbocycles. The van der Waals surface area contributed by atoms with Crippen LogP contribution in [0.1, 0.15) is 21.5 Å². The number of nitrogens with zero attached hydrogens (tertiary/aromatic N) is 1. The molecule has 0 N–H and O–H groups in total. The van der Waals surface area contributed by atoms with Gasteiger partial charge in [-0.15, -0.1) is 0 Å². The summed E-state index contributed by atoms with van der Waals surface area (Å²) in [5, 5.41) is 0. The summed E-state index contributed by atoms with van der Waals surface area (Å²) in [6, 6.07) is 15.1. The first-order valence-electron chi connectivity index (χ1n) is 6.17. The molecule has 0 bridgehead atoms. The van der Waals surface area contributed by atoms with E-state index in [0.717, 1.165) is 11.3 Å². The molecule has 0 aliphatic heterocycles. The molecule has 0 saturated heterocycles. The fourth-order valence-electron chi connectivity index (χ4n) is 1.95. The fourth-order valence-corrected chi connectivity index (χ4v) is 1.95. The number of benzene rings is 2. The van der Waals surface area contributed by atoms with Crippen molar-refractivity contribution in [3.63, 3.8) is 0 Å². The predicted octanol–water partition coefficient (Wildman–Crippen LogP) is 3.63. The summed E-state index contributed by atoms with van der Waals surface area (Å²) in [6.07, 6.45) is 1.71. The maximum absolute atomic E-state index is 12.4. The lowest BCUT2D eigenvalue weighted by Crippen LogP contribution is -2.09. The lowest BCUT2D eigenvalue weighted by atomic mass is 9.98. The molecule has 0 aromatic heterocycles. The summed E-state index contributed by atoms with van der Waals surface area (Å²) in [6.45, 7) is 3.75. The van der Waals surface area contributed by atoms with Crippen LogP contribution in [0.5, 0.6) is 0 Å². The lowest BCUT2D eigenvalue weighted by molar-refractivity contribution is 0.103. The van der Waals surface area contributed by atoms with Gasteiger partial charge in [-0.25, -0.2) is 0 Å². The molecule has 19 heavy (non-hydrogen) atoms. The maximum atomic E-state index is 12.4.